The quantitative estimate of drug-likeness (QED) is 0.490. The van der Waals surface area contributed by atoms with Crippen LogP contribution in [-0.2, 0) is 0 Å². The first-order valence-corrected chi connectivity index (χ1v) is 7.59. The van der Waals surface area contributed by atoms with E-state index in [0.29, 0.717) is 16.6 Å². The van der Waals surface area contributed by atoms with Crippen LogP contribution < -0.4 is 5.56 Å². The van der Waals surface area contributed by atoms with Crippen LogP contribution in [0.25, 0.3) is 21.9 Å². The number of aromatic hydroxyl groups is 2. The van der Waals surface area contributed by atoms with Crippen LogP contribution in [0.2, 0.25) is 0 Å². The Labute approximate surface area is 141 Å². The zero-order valence-corrected chi connectivity index (χ0v) is 13.3. The summed E-state index contributed by atoms with van der Waals surface area (Å²) in [7, 11) is 0. The van der Waals surface area contributed by atoms with Crippen LogP contribution in [0.5, 0.6) is 11.5 Å². The molecule has 2 heterocycles. The Hall–Kier alpha value is -3.61. The van der Waals surface area contributed by atoms with Gasteiger partial charge in [-0.25, -0.2) is 4.98 Å². The largest absolute Gasteiger partial charge is 0.508 e. The molecular formula is C18H14N4O3. The first-order valence-electron chi connectivity index (χ1n) is 7.59. The zero-order chi connectivity index (χ0) is 17.6. The Morgan fingerprint density at radius 3 is 2.84 bits per heavy atom. The lowest BCUT2D eigenvalue weighted by Gasteiger charge is -2.00. The number of phenols is 2. The van der Waals surface area contributed by atoms with Gasteiger partial charge in [-0.3, -0.25) is 4.79 Å². The van der Waals surface area contributed by atoms with Crippen molar-refractivity contribution in [2.75, 3.05) is 0 Å². The van der Waals surface area contributed by atoms with Crippen molar-refractivity contribution in [3.63, 3.8) is 0 Å². The molecule has 0 bridgehead atoms. The summed E-state index contributed by atoms with van der Waals surface area (Å²) in [5, 5.41) is 24.0. The highest BCUT2D eigenvalue weighted by Gasteiger charge is 2.10. The molecule has 25 heavy (non-hydrogen) atoms. The molecule has 0 saturated carbocycles. The molecule has 4 rings (SSSR count). The molecule has 0 spiro atoms. The average molecular weight is 334 g/mol. The summed E-state index contributed by atoms with van der Waals surface area (Å²) in [5.41, 5.74) is 2.92. The number of nitrogens with one attached hydrogen (secondary N) is 1. The number of nitrogens with zero attached hydrogens (tertiary/aromatic N) is 3. The van der Waals surface area contributed by atoms with E-state index in [1.807, 2.05) is 25.1 Å². The Balaban J connectivity index is 1.83. The van der Waals surface area contributed by atoms with Gasteiger partial charge >= 0.3 is 0 Å². The van der Waals surface area contributed by atoms with Crippen LogP contribution in [0.15, 0.2) is 52.6 Å². The third-order valence-electron chi connectivity index (χ3n) is 3.98. The molecule has 3 N–H and O–H groups in total. The zero-order valence-electron chi connectivity index (χ0n) is 13.3. The van der Waals surface area contributed by atoms with Crippen molar-refractivity contribution in [1.29, 1.82) is 0 Å². The lowest BCUT2D eigenvalue weighted by atomic mass is 10.2. The summed E-state index contributed by atoms with van der Waals surface area (Å²) < 4.78 is 1.09. The van der Waals surface area contributed by atoms with E-state index in [-0.39, 0.29) is 17.1 Å². The van der Waals surface area contributed by atoms with E-state index in [1.54, 1.807) is 0 Å². The number of hydrogen-bond acceptors (Lipinski definition) is 5. The van der Waals surface area contributed by atoms with Gasteiger partial charge in [-0.1, -0.05) is 11.6 Å². The molecule has 0 atom stereocenters. The van der Waals surface area contributed by atoms with Gasteiger partial charge in [0.25, 0.3) is 5.56 Å². The normalized spacial score (nSPS) is 11.7. The Kier molecular flexibility index (Phi) is 3.28. The highest BCUT2D eigenvalue weighted by molar-refractivity contribution is 6.04. The first kappa shape index (κ1) is 14.9. The number of benzene rings is 2. The fourth-order valence-corrected chi connectivity index (χ4v) is 2.71. The van der Waals surface area contributed by atoms with Crippen LogP contribution in [0, 0.1) is 6.92 Å². The van der Waals surface area contributed by atoms with Gasteiger partial charge in [-0.05, 0) is 31.2 Å². The van der Waals surface area contributed by atoms with Crippen molar-refractivity contribution in [1.82, 2.24) is 14.6 Å². The topological polar surface area (TPSA) is 104 Å². The number of aromatic nitrogens is 3. The van der Waals surface area contributed by atoms with Crippen LogP contribution >= 0.6 is 0 Å². The van der Waals surface area contributed by atoms with Crippen LogP contribution in [0.3, 0.4) is 0 Å². The van der Waals surface area contributed by atoms with Gasteiger partial charge in [0.2, 0.25) is 0 Å². The maximum atomic E-state index is 12.6. The van der Waals surface area contributed by atoms with Gasteiger partial charge in [0.05, 0.1) is 6.21 Å². The molecule has 0 aliphatic rings. The minimum atomic E-state index is -0.339. The van der Waals surface area contributed by atoms with Crippen molar-refractivity contribution in [3.05, 3.63) is 64.2 Å². The Morgan fingerprint density at radius 2 is 2.04 bits per heavy atom. The third-order valence-corrected chi connectivity index (χ3v) is 3.98. The molecular weight excluding hydrogens is 320 g/mol. The van der Waals surface area contributed by atoms with E-state index in [4.69, 9.17) is 0 Å². The molecule has 0 radical (unpaired) electrons. The van der Waals surface area contributed by atoms with E-state index < -0.39 is 0 Å². The molecule has 0 amide bonds. The minimum Gasteiger partial charge on any atom is -0.508 e. The third kappa shape index (κ3) is 2.51. The van der Waals surface area contributed by atoms with Gasteiger partial charge in [0, 0.05) is 22.5 Å². The number of H-pyrrole nitrogens is 1. The molecule has 0 aliphatic heterocycles. The van der Waals surface area contributed by atoms with Gasteiger partial charge < -0.3 is 15.2 Å². The van der Waals surface area contributed by atoms with Gasteiger partial charge in [-0.15, -0.1) is 0 Å². The van der Waals surface area contributed by atoms with Crippen LogP contribution in [0.1, 0.15) is 11.1 Å². The van der Waals surface area contributed by atoms with Crippen LogP contribution in [0.4, 0.5) is 0 Å². The van der Waals surface area contributed by atoms with E-state index in [1.165, 1.54) is 30.7 Å². The molecule has 2 aromatic carbocycles. The summed E-state index contributed by atoms with van der Waals surface area (Å²) in [4.78, 5) is 20.0. The second-order valence-corrected chi connectivity index (χ2v) is 5.78. The molecule has 7 heteroatoms. The monoisotopic (exact) mass is 334 g/mol. The number of fused-ring (bicyclic) bond motifs is 3. The number of aryl methyl sites for hydroxylation is 1. The van der Waals surface area contributed by atoms with Crippen molar-refractivity contribution in [2.45, 2.75) is 6.92 Å². The SMILES string of the molecule is Cc1ccc2[nH]c3c(=O)n(/N=C\c4ccc(O)cc4O)cnc3c2c1. The van der Waals surface area contributed by atoms with Crippen LogP contribution in [-0.4, -0.2) is 31.1 Å². The van der Waals surface area contributed by atoms with Crippen molar-refractivity contribution in [3.8, 4) is 11.5 Å². The number of rotatable bonds is 2. The molecule has 4 aromatic rings. The lowest BCUT2D eigenvalue weighted by molar-refractivity contribution is 0.450. The summed E-state index contributed by atoms with van der Waals surface area (Å²) in [6.07, 6.45) is 2.67. The molecule has 0 aliphatic carbocycles. The Morgan fingerprint density at radius 1 is 1.20 bits per heavy atom. The lowest BCUT2D eigenvalue weighted by Crippen LogP contribution is -2.17. The predicted molar refractivity (Wildman–Crippen MR) is 95.4 cm³/mol. The standard InChI is InChI=1S/C18H14N4O3/c1-10-2-5-14-13(6-10)16-17(21-14)18(25)22(9-19-16)20-8-11-3-4-12(23)7-15(11)24/h2-9,21,23-24H,1H3/b20-8-. The number of aromatic amines is 1. The van der Waals surface area contributed by atoms with Gasteiger partial charge in [0.15, 0.2) is 0 Å². The summed E-state index contributed by atoms with van der Waals surface area (Å²) in [5.74, 6) is -0.185. The van der Waals surface area contributed by atoms with Gasteiger partial charge in [-0.2, -0.15) is 9.78 Å². The smallest absolute Gasteiger partial charge is 0.298 e. The highest BCUT2D eigenvalue weighted by Crippen LogP contribution is 2.23. The maximum absolute atomic E-state index is 12.6. The number of phenolic OH excluding ortho intramolecular Hbond substituents is 2. The van der Waals surface area contributed by atoms with E-state index in [0.717, 1.165) is 21.1 Å². The molecule has 124 valence electrons. The number of hydrogen-bond donors (Lipinski definition) is 3. The second-order valence-electron chi connectivity index (χ2n) is 5.78. The van der Waals surface area contributed by atoms with Gasteiger partial charge in [0.1, 0.15) is 28.9 Å². The average Bonchev–Trinajstić information content (AvgIpc) is 2.94. The molecule has 7 nitrogen and oxygen atoms in total. The highest BCUT2D eigenvalue weighted by atomic mass is 16.3. The van der Waals surface area contributed by atoms with Crippen molar-refractivity contribution < 1.29 is 10.2 Å². The summed E-state index contributed by atoms with van der Waals surface area (Å²) >= 11 is 0. The van der Waals surface area contributed by atoms with E-state index in [9.17, 15) is 15.0 Å². The predicted octanol–water partition coefficient (Wildman–Crippen LogP) is 2.48. The molecule has 2 aromatic heterocycles. The summed E-state index contributed by atoms with van der Waals surface area (Å²) in [6.45, 7) is 1.98. The van der Waals surface area contributed by atoms with Crippen molar-refractivity contribution >= 4 is 28.2 Å². The molecule has 0 saturated heterocycles. The second kappa shape index (κ2) is 5.48. The van der Waals surface area contributed by atoms with E-state index in [2.05, 4.69) is 15.1 Å². The maximum Gasteiger partial charge on any atom is 0.298 e. The van der Waals surface area contributed by atoms with E-state index >= 15 is 0 Å². The molecule has 0 unspecified atom stereocenters. The van der Waals surface area contributed by atoms with Crippen molar-refractivity contribution in [2.24, 2.45) is 5.10 Å². The summed E-state index contributed by atoms with van der Waals surface area (Å²) in [6, 6.07) is 9.96. The Bertz CT molecular complexity index is 1200. The molecule has 0 fully saturated rings. The fraction of sp³-hybridized carbons (Fsp3) is 0.0556. The fourth-order valence-electron chi connectivity index (χ4n) is 2.71. The first-order chi connectivity index (χ1) is 12.0. The minimum absolute atomic E-state index is 0.0525.